The Morgan fingerprint density at radius 3 is 3.00 bits per heavy atom. The number of nitrogens with zero attached hydrogens (tertiary/aromatic N) is 1. The molecule has 0 aliphatic carbocycles. The minimum atomic E-state index is -2.15. The zero-order valence-electron chi connectivity index (χ0n) is 11.8. The molecule has 1 amide bonds. The number of hydrogen-bond acceptors (Lipinski definition) is 3. The van der Waals surface area contributed by atoms with Gasteiger partial charge >= 0.3 is 5.97 Å². The zero-order chi connectivity index (χ0) is 14.9. The van der Waals surface area contributed by atoms with Crippen molar-refractivity contribution in [2.45, 2.75) is 18.5 Å². The Labute approximate surface area is 108 Å². The number of benzene rings is 1. The van der Waals surface area contributed by atoms with Crippen LogP contribution in [-0.2, 0) is 20.9 Å². The summed E-state index contributed by atoms with van der Waals surface area (Å²) in [5.41, 5.74) is -0.683. The Kier molecular flexibility index (Phi) is 2.60. The highest BCUT2D eigenvalue weighted by molar-refractivity contribution is 6.24. The van der Waals surface area contributed by atoms with Gasteiger partial charge in [-0.15, -0.1) is 0 Å². The summed E-state index contributed by atoms with van der Waals surface area (Å²) < 4.78 is 27.1. The highest BCUT2D eigenvalue weighted by Gasteiger charge is 2.35. The number of ether oxygens (including phenoxy) is 1. The van der Waals surface area contributed by atoms with Crippen LogP contribution >= 0.6 is 11.6 Å². The average Bonchev–Trinajstić information content (AvgIpc) is 2.44. The molecule has 1 unspecified atom stereocenters. The van der Waals surface area contributed by atoms with Gasteiger partial charge in [0.05, 0.1) is 7.74 Å². The van der Waals surface area contributed by atoms with Crippen LogP contribution in [0, 0.1) is 0 Å². The zero-order valence-corrected chi connectivity index (χ0v) is 9.55. The Morgan fingerprint density at radius 2 is 2.35 bits per heavy atom. The van der Waals surface area contributed by atoms with E-state index >= 15 is 0 Å². The maximum absolute atomic E-state index is 11.6. The Bertz CT molecular complexity index is 526. The van der Waals surface area contributed by atoms with E-state index < -0.39 is 36.9 Å². The van der Waals surface area contributed by atoms with E-state index in [1.807, 2.05) is 0 Å². The summed E-state index contributed by atoms with van der Waals surface area (Å²) in [5.74, 6) is -1.65. The summed E-state index contributed by atoms with van der Waals surface area (Å²) >= 11 is 5.67. The van der Waals surface area contributed by atoms with Crippen molar-refractivity contribution >= 4 is 23.5 Å². The first-order chi connectivity index (χ1) is 9.34. The second-order valence-electron chi connectivity index (χ2n) is 3.43. The fourth-order valence-corrected chi connectivity index (χ4v) is 1.54. The molecule has 0 N–H and O–H groups in total. The molecular weight excluding hydrogens is 242 g/mol. The van der Waals surface area contributed by atoms with E-state index in [0.29, 0.717) is 5.56 Å². The van der Waals surface area contributed by atoms with Crippen molar-refractivity contribution in [3.05, 3.63) is 35.9 Å². The van der Waals surface area contributed by atoms with Crippen LogP contribution in [0.5, 0.6) is 0 Å². The van der Waals surface area contributed by atoms with E-state index in [0.717, 1.165) is 4.90 Å². The Hall–Kier alpha value is -1.55. The summed E-state index contributed by atoms with van der Waals surface area (Å²) in [6, 6.07) is 8.49. The van der Waals surface area contributed by atoms with Crippen LogP contribution in [-0.4, -0.2) is 28.8 Å². The first-order valence-electron chi connectivity index (χ1n) is 6.53. The summed E-state index contributed by atoms with van der Waals surface area (Å²) in [6.45, 7) is -1.65. The molecule has 1 aliphatic rings. The quantitative estimate of drug-likeness (QED) is 0.356. The number of halogens is 1. The fraction of sp³-hybridized carbons (Fsp3) is 0.333. The van der Waals surface area contributed by atoms with Crippen molar-refractivity contribution in [2.75, 3.05) is 6.54 Å². The molecular formula is C12H12ClNO3. The van der Waals surface area contributed by atoms with Crippen molar-refractivity contribution in [3.63, 3.8) is 0 Å². The van der Waals surface area contributed by atoms with E-state index in [2.05, 4.69) is 0 Å². The largest absolute Gasteiger partial charge is 0.459 e. The number of carbonyl (C=O) groups is 2. The second-order valence-corrected chi connectivity index (χ2v) is 3.84. The molecule has 5 heteroatoms. The maximum atomic E-state index is 11.6. The number of alkyl halides is 1. The van der Waals surface area contributed by atoms with Crippen LogP contribution < -0.4 is 0 Å². The van der Waals surface area contributed by atoms with Gasteiger partial charge in [-0.1, -0.05) is 41.9 Å². The Morgan fingerprint density at radius 1 is 1.65 bits per heavy atom. The molecule has 1 heterocycles. The molecule has 0 spiro atoms. The third-order valence-electron chi connectivity index (χ3n) is 2.20. The highest BCUT2D eigenvalue weighted by atomic mass is 35.5. The molecule has 1 fully saturated rings. The fourth-order valence-electron chi connectivity index (χ4n) is 1.29. The topological polar surface area (TPSA) is 46.6 Å². The number of amides is 1. The van der Waals surface area contributed by atoms with Crippen molar-refractivity contribution in [1.82, 2.24) is 4.90 Å². The molecule has 4 nitrogen and oxygen atoms in total. The van der Waals surface area contributed by atoms with Crippen LogP contribution in [0.2, 0.25) is 0 Å². The molecule has 0 radical (unpaired) electrons. The second kappa shape index (κ2) is 5.19. The molecule has 0 aromatic heterocycles. The maximum Gasteiger partial charge on any atom is 0.326 e. The molecule has 90 valence electrons. The number of β-lactam (4-membered cyclic amide) rings is 1. The summed E-state index contributed by atoms with van der Waals surface area (Å²) in [7, 11) is 0. The van der Waals surface area contributed by atoms with E-state index in [1.54, 1.807) is 30.3 Å². The third kappa shape index (κ3) is 2.97. The summed E-state index contributed by atoms with van der Waals surface area (Å²) in [4.78, 5) is 23.9. The van der Waals surface area contributed by atoms with Crippen LogP contribution in [0.3, 0.4) is 0 Å². The van der Waals surface area contributed by atoms with Crippen molar-refractivity contribution in [3.8, 4) is 0 Å². The highest BCUT2D eigenvalue weighted by Crippen LogP contribution is 2.21. The standard InChI is InChI=1S/C12H12ClNO3/c13-10-6-11(15)14(10)7-12(16)17-8-9-4-2-1-3-5-9/h1-5,10H,6-8H2/t10-/m0/s1/i6D2,8T/t8?,10-. The van der Waals surface area contributed by atoms with Crippen LogP contribution in [0.15, 0.2) is 30.3 Å². The smallest absolute Gasteiger partial charge is 0.326 e. The minimum absolute atomic E-state index is 0.464. The number of rotatable bonds is 4. The third-order valence-corrected chi connectivity index (χ3v) is 2.55. The Balaban J connectivity index is 1.90. The molecule has 2 rings (SSSR count). The predicted molar refractivity (Wildman–Crippen MR) is 62.2 cm³/mol. The van der Waals surface area contributed by atoms with E-state index in [9.17, 15) is 9.59 Å². The minimum Gasteiger partial charge on any atom is -0.459 e. The van der Waals surface area contributed by atoms with Crippen molar-refractivity contribution in [2.24, 2.45) is 0 Å². The lowest BCUT2D eigenvalue weighted by atomic mass is 10.2. The lowest BCUT2D eigenvalue weighted by Crippen LogP contribution is -2.51. The summed E-state index contributed by atoms with van der Waals surface area (Å²) in [5, 5.41) is 0. The number of esters is 1. The predicted octanol–water partition coefficient (Wildman–Crippen LogP) is 1.53. The van der Waals surface area contributed by atoms with E-state index in [4.69, 9.17) is 20.5 Å². The van der Waals surface area contributed by atoms with E-state index in [1.165, 1.54) is 0 Å². The molecule has 2 atom stereocenters. The lowest BCUT2D eigenvalue weighted by molar-refractivity contribution is -0.155. The van der Waals surface area contributed by atoms with Crippen LogP contribution in [0.1, 0.15) is 16.0 Å². The molecule has 1 aromatic carbocycles. The monoisotopic (exact) mass is 257 g/mol. The van der Waals surface area contributed by atoms with Crippen molar-refractivity contribution < 1.29 is 18.4 Å². The van der Waals surface area contributed by atoms with Gasteiger partial charge in [0.2, 0.25) is 5.91 Å². The molecule has 17 heavy (non-hydrogen) atoms. The van der Waals surface area contributed by atoms with E-state index in [-0.39, 0.29) is 0 Å². The van der Waals surface area contributed by atoms with Gasteiger partial charge < -0.3 is 9.64 Å². The normalized spacial score (nSPS) is 26.2. The van der Waals surface area contributed by atoms with Crippen LogP contribution in [0.25, 0.3) is 0 Å². The first kappa shape index (κ1) is 8.53. The molecule has 1 saturated heterocycles. The van der Waals surface area contributed by atoms with Gasteiger partial charge in [-0.05, 0) is 5.56 Å². The van der Waals surface area contributed by atoms with Gasteiger partial charge in [-0.3, -0.25) is 9.59 Å². The molecule has 0 bridgehead atoms. The number of likely N-dealkylation sites (tertiary alicyclic amines) is 1. The van der Waals surface area contributed by atoms with Gasteiger partial charge in [-0.2, -0.15) is 0 Å². The van der Waals surface area contributed by atoms with Gasteiger partial charge in [0.25, 0.3) is 0 Å². The van der Waals surface area contributed by atoms with Crippen molar-refractivity contribution in [1.29, 1.82) is 0 Å². The molecule has 1 aliphatic heterocycles. The van der Waals surface area contributed by atoms with Gasteiger partial charge in [0, 0.05) is 2.74 Å². The van der Waals surface area contributed by atoms with Gasteiger partial charge in [-0.25, -0.2) is 0 Å². The number of carbonyl (C=O) groups excluding carboxylic acids is 2. The van der Waals surface area contributed by atoms with Crippen LogP contribution in [0.4, 0.5) is 0 Å². The average molecular weight is 258 g/mol. The van der Waals surface area contributed by atoms with Gasteiger partial charge in [0.1, 0.15) is 18.6 Å². The first-order valence-corrected chi connectivity index (χ1v) is 5.39. The molecule has 0 saturated carbocycles. The summed E-state index contributed by atoms with van der Waals surface area (Å²) in [6.07, 6.45) is -2.15. The van der Waals surface area contributed by atoms with Gasteiger partial charge in [0.15, 0.2) is 0 Å². The molecule has 1 aromatic rings. The lowest BCUT2D eigenvalue weighted by Gasteiger charge is -2.35. The number of hydrogen-bond donors (Lipinski definition) is 0. The SMILES string of the molecule is [2H]C1([2H])C(=O)N(CC(=O)OC([3H])c2ccccc2)[C@@H]1Cl.